The molecule has 0 bridgehead atoms. The van der Waals surface area contributed by atoms with E-state index in [1.165, 1.54) is 16.7 Å². The molecule has 9 heteroatoms. The zero-order valence-corrected chi connectivity index (χ0v) is 38.1. The van der Waals surface area contributed by atoms with Crippen LogP contribution in [0.2, 0.25) is 0 Å². The van der Waals surface area contributed by atoms with Crippen molar-refractivity contribution in [3.05, 3.63) is 203 Å². The zero-order valence-electron chi connectivity index (χ0n) is 36.1. The molecule has 0 heterocycles. The summed E-state index contributed by atoms with van der Waals surface area (Å²) in [7, 11) is -0.830. The average Bonchev–Trinajstić information content (AvgIpc) is 3.29. The van der Waals surface area contributed by atoms with Gasteiger partial charge in [-0.25, -0.2) is 4.79 Å². The van der Waals surface area contributed by atoms with Crippen LogP contribution in [-0.4, -0.2) is 11.4 Å². The standard InChI is InChI=1S/C54H50O6P2.H2O/c1-35(2)43-16-10-12-20-48(43)57-61-59-50-31-30-41-14-6-8-18-45(41)51(50)52-46-19-9-7-15-42(46)33-47(53(52)60-62-58-49-21-13-11-17-44(49)36(3)4)54(55)56-34-40-28-26-39(27-29-40)32-38-24-22-37(5)23-25-38;/h6-31,33,35-36,61-62H,32,34H2,1-5H3;1H2. The summed E-state index contributed by atoms with van der Waals surface area (Å²) in [5.41, 5.74) is 8.48. The van der Waals surface area contributed by atoms with Gasteiger partial charge in [0.1, 0.15) is 35.2 Å². The molecule has 63 heavy (non-hydrogen) atoms. The van der Waals surface area contributed by atoms with Crippen LogP contribution < -0.4 is 18.1 Å². The van der Waals surface area contributed by atoms with E-state index in [-0.39, 0.29) is 38.5 Å². The van der Waals surface area contributed by atoms with E-state index < -0.39 is 15.0 Å². The first-order chi connectivity index (χ1) is 30.2. The lowest BCUT2D eigenvalue weighted by Crippen LogP contribution is -2.08. The topological polar surface area (TPSA) is 94.7 Å². The number of benzene rings is 8. The van der Waals surface area contributed by atoms with E-state index in [1.54, 1.807) is 0 Å². The third kappa shape index (κ3) is 10.5. The summed E-state index contributed by atoms with van der Waals surface area (Å²) in [4.78, 5) is 14.6. The van der Waals surface area contributed by atoms with E-state index in [9.17, 15) is 4.79 Å². The van der Waals surface area contributed by atoms with E-state index in [1.807, 2.05) is 103 Å². The molecule has 0 saturated heterocycles. The molecule has 8 aromatic carbocycles. The molecule has 0 amide bonds. The molecule has 0 radical (unpaired) electrons. The van der Waals surface area contributed by atoms with Crippen molar-refractivity contribution in [2.75, 3.05) is 0 Å². The van der Waals surface area contributed by atoms with Crippen LogP contribution in [0.25, 0.3) is 32.7 Å². The third-order valence-corrected chi connectivity index (χ3v) is 12.2. The average molecular weight is 875 g/mol. The number of esters is 1. The van der Waals surface area contributed by atoms with Crippen LogP contribution in [0, 0.1) is 6.92 Å². The fourth-order valence-electron chi connectivity index (χ4n) is 7.67. The smallest absolute Gasteiger partial charge is 0.342 e. The van der Waals surface area contributed by atoms with Crippen LogP contribution in [0.5, 0.6) is 23.0 Å². The Morgan fingerprint density at radius 1 is 0.508 bits per heavy atom. The molecule has 0 aliphatic heterocycles. The van der Waals surface area contributed by atoms with Crippen molar-refractivity contribution in [1.82, 2.24) is 0 Å². The lowest BCUT2D eigenvalue weighted by atomic mass is 9.90. The van der Waals surface area contributed by atoms with Crippen LogP contribution in [0.1, 0.15) is 83.3 Å². The highest BCUT2D eigenvalue weighted by atomic mass is 31.1. The van der Waals surface area contributed by atoms with Crippen molar-refractivity contribution < 1.29 is 33.1 Å². The minimum Gasteiger partial charge on any atom is -0.457 e. The first-order valence-electron chi connectivity index (χ1n) is 21.0. The fraction of sp³-hybridized carbons (Fsp3) is 0.167. The number of fused-ring (bicyclic) bond motifs is 2. The van der Waals surface area contributed by atoms with Crippen molar-refractivity contribution in [1.29, 1.82) is 0 Å². The Morgan fingerprint density at radius 2 is 1.00 bits per heavy atom. The number of carbonyl (C=O) groups excluding carboxylic acids is 1. The number of hydrogen-bond acceptors (Lipinski definition) is 6. The highest BCUT2D eigenvalue weighted by Crippen LogP contribution is 2.50. The summed E-state index contributed by atoms with van der Waals surface area (Å²) in [5, 5.41) is 3.66. The van der Waals surface area contributed by atoms with Gasteiger partial charge in [0.15, 0.2) is 0 Å². The summed E-state index contributed by atoms with van der Waals surface area (Å²) in [6, 6.07) is 54.8. The lowest BCUT2D eigenvalue weighted by molar-refractivity contribution is 0.0471. The van der Waals surface area contributed by atoms with Crippen LogP contribution in [-0.2, 0) is 17.8 Å². The molecule has 2 N–H and O–H groups in total. The zero-order chi connectivity index (χ0) is 43.0. The number of para-hydroxylation sites is 2. The minimum atomic E-state index is -0.513. The number of aryl methyl sites for hydroxylation is 1. The van der Waals surface area contributed by atoms with Gasteiger partial charge < -0.3 is 28.3 Å². The maximum atomic E-state index is 14.6. The van der Waals surface area contributed by atoms with Gasteiger partial charge in [-0.1, -0.05) is 173 Å². The summed E-state index contributed by atoms with van der Waals surface area (Å²) in [6.45, 7) is 10.7. The van der Waals surface area contributed by atoms with Gasteiger partial charge in [-0.05, 0) is 98.8 Å². The van der Waals surface area contributed by atoms with Gasteiger partial charge in [0.05, 0.1) is 0 Å². The second kappa shape index (κ2) is 20.8. The van der Waals surface area contributed by atoms with Gasteiger partial charge in [-0.2, -0.15) is 0 Å². The highest BCUT2D eigenvalue weighted by Gasteiger charge is 2.27. The second-order valence-electron chi connectivity index (χ2n) is 16.0. The largest absolute Gasteiger partial charge is 0.457 e. The summed E-state index contributed by atoms with van der Waals surface area (Å²) in [6.07, 6.45) is 0.823. The van der Waals surface area contributed by atoms with Crippen LogP contribution in [0.15, 0.2) is 164 Å². The first kappa shape index (κ1) is 44.8. The Kier molecular flexibility index (Phi) is 14.8. The van der Waals surface area contributed by atoms with Crippen molar-refractivity contribution in [3.63, 3.8) is 0 Å². The molecule has 0 aliphatic carbocycles. The van der Waals surface area contributed by atoms with Crippen LogP contribution >= 0.6 is 18.1 Å². The van der Waals surface area contributed by atoms with Crippen molar-refractivity contribution >= 4 is 45.6 Å². The van der Waals surface area contributed by atoms with Crippen molar-refractivity contribution in [2.45, 2.75) is 59.5 Å². The number of rotatable bonds is 16. The molecule has 2 unspecified atom stereocenters. The van der Waals surface area contributed by atoms with Gasteiger partial charge in [0.2, 0.25) is 0 Å². The molecule has 8 aromatic rings. The Hall–Kier alpha value is -6.23. The molecule has 7 nitrogen and oxygen atoms in total. The highest BCUT2D eigenvalue weighted by molar-refractivity contribution is 7.27. The van der Waals surface area contributed by atoms with Gasteiger partial charge in [0, 0.05) is 11.1 Å². The molecule has 320 valence electrons. The Morgan fingerprint density at radius 3 is 1.62 bits per heavy atom. The number of ether oxygens (including phenoxy) is 1. The van der Waals surface area contributed by atoms with E-state index in [0.29, 0.717) is 17.1 Å². The minimum absolute atomic E-state index is 0. The molecule has 0 fully saturated rings. The molecular weight excluding hydrogens is 823 g/mol. The van der Waals surface area contributed by atoms with E-state index in [2.05, 4.69) is 95.3 Å². The Bertz CT molecular complexity index is 2820. The first-order valence-corrected chi connectivity index (χ1v) is 22.6. The Balaban J connectivity index is 0.00000595. The molecule has 0 spiro atoms. The maximum Gasteiger partial charge on any atom is 0.342 e. The maximum absolute atomic E-state index is 14.6. The van der Waals surface area contributed by atoms with Crippen molar-refractivity contribution in [3.8, 4) is 34.1 Å². The molecule has 0 aliphatic rings. The summed E-state index contributed by atoms with van der Waals surface area (Å²) < 4.78 is 32.2. The number of hydrogen-bond donors (Lipinski definition) is 0. The van der Waals surface area contributed by atoms with Gasteiger partial charge in [-0.3, -0.25) is 0 Å². The monoisotopic (exact) mass is 874 g/mol. The fourth-order valence-corrected chi connectivity index (χ4v) is 8.86. The van der Waals surface area contributed by atoms with Crippen LogP contribution in [0.3, 0.4) is 0 Å². The summed E-state index contributed by atoms with van der Waals surface area (Å²) in [5.74, 6) is 2.44. The van der Waals surface area contributed by atoms with E-state index >= 15 is 0 Å². The van der Waals surface area contributed by atoms with E-state index in [4.69, 9.17) is 22.8 Å². The quantitative estimate of drug-likeness (QED) is 0.0709. The van der Waals surface area contributed by atoms with Gasteiger partial charge in [0.25, 0.3) is 18.1 Å². The van der Waals surface area contributed by atoms with E-state index in [0.717, 1.165) is 61.7 Å². The molecule has 2 atom stereocenters. The van der Waals surface area contributed by atoms with Crippen molar-refractivity contribution in [2.24, 2.45) is 0 Å². The normalized spacial score (nSPS) is 11.5. The predicted octanol–water partition coefficient (Wildman–Crippen LogP) is 14.3. The second-order valence-corrected chi connectivity index (χ2v) is 17.2. The molecule has 0 aromatic heterocycles. The number of carbonyl (C=O) groups is 1. The SMILES string of the molecule is Cc1ccc(Cc2ccc(COC(=O)c3cc4ccccc4c(-c4c(OPOc5ccccc5C(C)C)ccc5ccccc45)c3OPOc3ccccc3C(C)C)cc2)cc1.O. The van der Waals surface area contributed by atoms with Gasteiger partial charge >= 0.3 is 5.97 Å². The lowest BCUT2D eigenvalue weighted by Gasteiger charge is -2.22. The molecule has 8 rings (SSSR count). The third-order valence-electron chi connectivity index (χ3n) is 11.0. The van der Waals surface area contributed by atoms with Crippen LogP contribution in [0.4, 0.5) is 0 Å². The summed E-state index contributed by atoms with van der Waals surface area (Å²) >= 11 is 0. The molecular formula is C54H52O7P2. The predicted molar refractivity (Wildman–Crippen MR) is 260 cm³/mol. The van der Waals surface area contributed by atoms with Gasteiger partial charge in [-0.15, -0.1) is 0 Å². The molecule has 0 saturated carbocycles. The Labute approximate surface area is 373 Å².